The fourth-order valence-corrected chi connectivity index (χ4v) is 6.43. The van der Waals surface area contributed by atoms with Crippen LogP contribution in [-0.4, -0.2) is 73.2 Å². The fraction of sp³-hybridized carbons (Fsp3) is 0.343. The summed E-state index contributed by atoms with van der Waals surface area (Å²) in [5.41, 5.74) is 2.28. The van der Waals surface area contributed by atoms with E-state index in [4.69, 9.17) is 37.4 Å². The third kappa shape index (κ3) is 7.88. The number of morpholine rings is 1. The zero-order valence-electron chi connectivity index (χ0n) is 27.6. The van der Waals surface area contributed by atoms with Crippen LogP contribution in [0, 0.1) is 0 Å². The third-order valence-electron chi connectivity index (χ3n) is 8.10. The van der Waals surface area contributed by atoms with Gasteiger partial charge in [-0.15, -0.1) is 0 Å². The zero-order chi connectivity index (χ0) is 34.9. The van der Waals surface area contributed by atoms with Crippen LogP contribution >= 0.6 is 23.2 Å². The maximum absolute atomic E-state index is 13.2. The van der Waals surface area contributed by atoms with Crippen LogP contribution in [0.1, 0.15) is 37.5 Å². The summed E-state index contributed by atoms with van der Waals surface area (Å²) in [6, 6.07) is 14.5. The van der Waals surface area contributed by atoms with E-state index >= 15 is 0 Å². The van der Waals surface area contributed by atoms with E-state index in [9.17, 15) is 14.4 Å². The standard InChI is InChI=1S/C35H36Cl2N6O6/c1-35(2,3)49-34(46)41-10-9-31(44)42(33(41)45)18-23-13-30-32(38-21-39-43(30)19-23)28-14-24(36)15-29(37)27(28)16-26-20-40(11-12-48-26)17-22-5-7-25(47-4)8-6-22/h5-10,13-15,19,21,26H,11-12,16-18,20H2,1-4H3. The van der Waals surface area contributed by atoms with Crippen molar-refractivity contribution in [2.75, 3.05) is 26.8 Å². The Morgan fingerprint density at radius 3 is 2.55 bits per heavy atom. The lowest BCUT2D eigenvalue weighted by atomic mass is 9.97. The summed E-state index contributed by atoms with van der Waals surface area (Å²) in [5.74, 6) is 0.818. The molecular weight excluding hydrogens is 671 g/mol. The minimum absolute atomic E-state index is 0.118. The summed E-state index contributed by atoms with van der Waals surface area (Å²) < 4.78 is 20.2. The molecular formula is C35H36Cl2N6O6. The average molecular weight is 708 g/mol. The topological polar surface area (TPSA) is 122 Å². The lowest BCUT2D eigenvalue weighted by Gasteiger charge is -2.33. The number of hydrogen-bond acceptors (Lipinski definition) is 9. The van der Waals surface area contributed by atoms with E-state index < -0.39 is 22.9 Å². The molecule has 12 nitrogen and oxygen atoms in total. The van der Waals surface area contributed by atoms with Crippen molar-refractivity contribution >= 4 is 34.8 Å². The molecule has 0 amide bonds. The summed E-state index contributed by atoms with van der Waals surface area (Å²) >= 11 is 13.4. The van der Waals surface area contributed by atoms with Gasteiger partial charge in [0.25, 0.3) is 5.56 Å². The Morgan fingerprint density at radius 2 is 1.82 bits per heavy atom. The van der Waals surface area contributed by atoms with E-state index in [1.807, 2.05) is 18.2 Å². The molecule has 0 N–H and O–H groups in total. The first-order valence-electron chi connectivity index (χ1n) is 15.7. The smallest absolute Gasteiger partial charge is 0.422 e. The monoisotopic (exact) mass is 706 g/mol. The molecule has 14 heteroatoms. The predicted molar refractivity (Wildman–Crippen MR) is 186 cm³/mol. The highest BCUT2D eigenvalue weighted by atomic mass is 35.5. The SMILES string of the molecule is COc1ccc(CN2CCOC(Cc3c(Cl)cc(Cl)cc3-c3ncnn4cc(Cn5c(=O)ccn(C(=O)OC(C)(C)C)c5=O)cc34)C2)cc1. The van der Waals surface area contributed by atoms with Crippen molar-refractivity contribution in [1.29, 1.82) is 0 Å². The quantitative estimate of drug-likeness (QED) is 0.211. The number of aromatic nitrogens is 5. The Labute approximate surface area is 292 Å². The van der Waals surface area contributed by atoms with Crippen LogP contribution in [0.25, 0.3) is 16.8 Å². The number of carbonyl (C=O) groups excluding carboxylic acids is 1. The highest BCUT2D eigenvalue weighted by Gasteiger charge is 2.25. The minimum Gasteiger partial charge on any atom is -0.497 e. The van der Waals surface area contributed by atoms with Gasteiger partial charge < -0.3 is 14.2 Å². The molecule has 1 fully saturated rings. The van der Waals surface area contributed by atoms with Gasteiger partial charge in [-0.25, -0.2) is 23.7 Å². The highest BCUT2D eigenvalue weighted by Crippen LogP contribution is 2.35. The van der Waals surface area contributed by atoms with Crippen LogP contribution < -0.4 is 16.0 Å². The van der Waals surface area contributed by atoms with E-state index in [0.717, 1.165) is 51.4 Å². The van der Waals surface area contributed by atoms with Crippen molar-refractivity contribution in [3.8, 4) is 17.0 Å². The van der Waals surface area contributed by atoms with E-state index in [0.29, 0.717) is 46.4 Å². The van der Waals surface area contributed by atoms with Gasteiger partial charge in [-0.05, 0) is 67.8 Å². The molecule has 0 aliphatic carbocycles. The highest BCUT2D eigenvalue weighted by molar-refractivity contribution is 6.35. The van der Waals surface area contributed by atoms with Crippen LogP contribution in [-0.2, 0) is 29.0 Å². The number of rotatable bonds is 8. The summed E-state index contributed by atoms with van der Waals surface area (Å²) in [6.07, 6.45) is 3.73. The number of fused-ring (bicyclic) bond motifs is 1. The van der Waals surface area contributed by atoms with E-state index in [-0.39, 0.29) is 12.6 Å². The molecule has 0 spiro atoms. The average Bonchev–Trinajstić information content (AvgIpc) is 3.47. The van der Waals surface area contributed by atoms with E-state index in [1.54, 1.807) is 50.7 Å². The molecule has 1 aliphatic heterocycles. The lowest BCUT2D eigenvalue weighted by Crippen LogP contribution is -2.43. The maximum Gasteiger partial charge on any atom is 0.422 e. The van der Waals surface area contributed by atoms with Gasteiger partial charge in [-0.2, -0.15) is 5.10 Å². The molecule has 49 heavy (non-hydrogen) atoms. The van der Waals surface area contributed by atoms with Crippen molar-refractivity contribution < 1.29 is 19.0 Å². The van der Waals surface area contributed by atoms with E-state index in [1.165, 1.54) is 11.9 Å². The number of benzene rings is 2. The van der Waals surface area contributed by atoms with Gasteiger partial charge in [-0.3, -0.25) is 14.3 Å². The molecule has 0 radical (unpaired) electrons. The summed E-state index contributed by atoms with van der Waals surface area (Å²) in [7, 11) is 1.65. The van der Waals surface area contributed by atoms with Crippen LogP contribution in [0.2, 0.25) is 10.0 Å². The Morgan fingerprint density at radius 1 is 1.04 bits per heavy atom. The van der Waals surface area contributed by atoms with Gasteiger partial charge in [-0.1, -0.05) is 35.3 Å². The molecule has 256 valence electrons. The van der Waals surface area contributed by atoms with Crippen LogP contribution in [0.3, 0.4) is 0 Å². The van der Waals surface area contributed by atoms with Crippen molar-refractivity contribution in [3.05, 3.63) is 115 Å². The lowest BCUT2D eigenvalue weighted by molar-refractivity contribution is -0.0304. The second-order valence-corrected chi connectivity index (χ2v) is 13.7. The normalized spacial score (nSPS) is 15.4. The van der Waals surface area contributed by atoms with Gasteiger partial charge in [0.15, 0.2) is 0 Å². The number of halogens is 2. The molecule has 2 aromatic carbocycles. The molecule has 4 heterocycles. The van der Waals surface area contributed by atoms with Gasteiger partial charge in [0.2, 0.25) is 0 Å². The van der Waals surface area contributed by atoms with Gasteiger partial charge in [0.1, 0.15) is 17.7 Å². The number of nitrogens with zero attached hydrogens (tertiary/aromatic N) is 6. The first kappa shape index (κ1) is 34.4. The van der Waals surface area contributed by atoms with E-state index in [2.05, 4.69) is 27.1 Å². The van der Waals surface area contributed by atoms with Crippen molar-refractivity contribution in [2.24, 2.45) is 0 Å². The molecule has 1 aliphatic rings. The fourth-order valence-electron chi connectivity index (χ4n) is 5.86. The number of methoxy groups -OCH3 is 1. The zero-order valence-corrected chi connectivity index (χ0v) is 29.1. The molecule has 6 rings (SSSR count). The summed E-state index contributed by atoms with van der Waals surface area (Å²) in [4.78, 5) is 45.6. The first-order valence-corrected chi connectivity index (χ1v) is 16.5. The molecule has 0 bridgehead atoms. The molecule has 3 aromatic heterocycles. The Bertz CT molecular complexity index is 2120. The van der Waals surface area contributed by atoms with Crippen molar-refractivity contribution in [2.45, 2.75) is 52.0 Å². The van der Waals surface area contributed by atoms with Crippen LogP contribution in [0.15, 0.2) is 76.8 Å². The van der Waals surface area contributed by atoms with Crippen LogP contribution in [0.5, 0.6) is 5.75 Å². The largest absolute Gasteiger partial charge is 0.497 e. The second-order valence-electron chi connectivity index (χ2n) is 12.9. The molecule has 1 saturated heterocycles. The first-order chi connectivity index (χ1) is 23.4. The third-order valence-corrected chi connectivity index (χ3v) is 8.65. The summed E-state index contributed by atoms with van der Waals surface area (Å²) in [6.45, 7) is 7.81. The van der Waals surface area contributed by atoms with Crippen LogP contribution in [0.4, 0.5) is 4.79 Å². The second kappa shape index (κ2) is 14.2. The predicted octanol–water partition coefficient (Wildman–Crippen LogP) is 5.31. The Balaban J connectivity index is 1.28. The minimum atomic E-state index is -0.877. The van der Waals surface area contributed by atoms with Gasteiger partial charge >= 0.3 is 11.8 Å². The molecule has 0 saturated carbocycles. The number of ether oxygens (including phenoxy) is 3. The Kier molecular flexibility index (Phi) is 9.94. The molecule has 1 atom stereocenters. The van der Waals surface area contributed by atoms with Crippen molar-refractivity contribution in [1.82, 2.24) is 28.6 Å². The summed E-state index contributed by atoms with van der Waals surface area (Å²) in [5, 5.41) is 5.29. The number of hydrogen-bond donors (Lipinski definition) is 0. The Hall–Kier alpha value is -4.49. The van der Waals surface area contributed by atoms with Crippen molar-refractivity contribution in [3.63, 3.8) is 0 Å². The van der Waals surface area contributed by atoms with Gasteiger partial charge in [0, 0.05) is 60.1 Å². The molecule has 1 unspecified atom stereocenters. The number of carbonyl (C=O) groups is 1. The maximum atomic E-state index is 13.2. The van der Waals surface area contributed by atoms with Gasteiger partial charge in [0.05, 0.1) is 37.6 Å². The molecule has 5 aromatic rings.